The van der Waals surface area contributed by atoms with Crippen LogP contribution in [0.1, 0.15) is 40.5 Å². The summed E-state index contributed by atoms with van der Waals surface area (Å²) in [5.74, 6) is -5.20. The molecule has 0 aromatic heterocycles. The van der Waals surface area contributed by atoms with Crippen molar-refractivity contribution >= 4 is 17.9 Å². The normalized spacial score (nSPS) is 13.7. The van der Waals surface area contributed by atoms with Gasteiger partial charge in [-0.1, -0.05) is 6.92 Å². The summed E-state index contributed by atoms with van der Waals surface area (Å²) < 4.78 is 14.8. The Morgan fingerprint density at radius 3 is 1.80 bits per heavy atom. The third kappa shape index (κ3) is 5.46. The van der Waals surface area contributed by atoms with Crippen molar-refractivity contribution in [2.75, 3.05) is 19.8 Å². The van der Waals surface area contributed by atoms with Crippen LogP contribution in [-0.4, -0.2) is 37.7 Å². The zero-order valence-corrected chi connectivity index (χ0v) is 15.0. The largest absolute Gasteiger partial charge is 0.465 e. The lowest BCUT2D eigenvalue weighted by atomic mass is 9.68. The molecule has 138 valence electrons. The number of carbonyl (C=O) groups excluding carboxylic acids is 3. The van der Waals surface area contributed by atoms with Gasteiger partial charge < -0.3 is 14.2 Å². The Labute approximate surface area is 147 Å². The Balaban J connectivity index is 6.02. The lowest BCUT2D eigenvalue weighted by molar-refractivity contribution is -0.169. The van der Waals surface area contributed by atoms with E-state index in [1.54, 1.807) is 20.8 Å². The van der Waals surface area contributed by atoms with E-state index >= 15 is 0 Å². The van der Waals surface area contributed by atoms with Crippen LogP contribution < -0.4 is 0 Å². The Kier molecular flexibility index (Phi) is 9.88. The molecule has 25 heavy (non-hydrogen) atoms. The Morgan fingerprint density at radius 1 is 0.960 bits per heavy atom. The monoisotopic (exact) mass is 352 g/mol. The van der Waals surface area contributed by atoms with Crippen LogP contribution in [0.2, 0.25) is 0 Å². The summed E-state index contributed by atoms with van der Waals surface area (Å²) in [6, 6.07) is 3.73. The zero-order chi connectivity index (χ0) is 19.5. The molecule has 0 aromatic carbocycles. The lowest BCUT2D eigenvalue weighted by Gasteiger charge is -2.33. The summed E-state index contributed by atoms with van der Waals surface area (Å²) in [6.07, 6.45) is -0.287. The second-order valence-corrected chi connectivity index (χ2v) is 5.23. The van der Waals surface area contributed by atoms with Gasteiger partial charge in [0.25, 0.3) is 0 Å². The van der Waals surface area contributed by atoms with Crippen molar-refractivity contribution in [3.05, 3.63) is 0 Å². The maximum absolute atomic E-state index is 12.5. The van der Waals surface area contributed by atoms with Crippen LogP contribution in [0, 0.1) is 39.9 Å². The third-order valence-electron chi connectivity index (χ3n) is 3.83. The number of esters is 3. The number of hydrogen-bond donors (Lipinski definition) is 0. The summed E-state index contributed by atoms with van der Waals surface area (Å²) in [5.41, 5.74) is -1.84. The van der Waals surface area contributed by atoms with Crippen LogP contribution in [-0.2, 0) is 28.6 Å². The van der Waals surface area contributed by atoms with Crippen molar-refractivity contribution < 1.29 is 28.6 Å². The van der Waals surface area contributed by atoms with Crippen LogP contribution in [0.4, 0.5) is 0 Å². The van der Waals surface area contributed by atoms with Gasteiger partial charge in [-0.2, -0.15) is 10.5 Å². The highest BCUT2D eigenvalue weighted by molar-refractivity contribution is 5.96. The van der Waals surface area contributed by atoms with Gasteiger partial charge in [-0.15, -0.1) is 0 Å². The van der Waals surface area contributed by atoms with Gasteiger partial charge in [0.1, 0.15) is 0 Å². The fourth-order valence-electron chi connectivity index (χ4n) is 2.49. The molecule has 0 radical (unpaired) electrons. The highest BCUT2D eigenvalue weighted by atomic mass is 16.6. The van der Waals surface area contributed by atoms with Gasteiger partial charge in [0.15, 0.2) is 11.3 Å². The van der Waals surface area contributed by atoms with Gasteiger partial charge in [0, 0.05) is 12.3 Å². The van der Waals surface area contributed by atoms with E-state index in [0.29, 0.717) is 0 Å². The third-order valence-corrected chi connectivity index (χ3v) is 3.83. The molecule has 2 atom stereocenters. The first-order chi connectivity index (χ1) is 11.9. The predicted molar refractivity (Wildman–Crippen MR) is 85.4 cm³/mol. The van der Waals surface area contributed by atoms with Gasteiger partial charge in [-0.25, -0.2) is 0 Å². The molecule has 0 spiro atoms. The van der Waals surface area contributed by atoms with E-state index in [0.717, 1.165) is 0 Å². The van der Waals surface area contributed by atoms with E-state index in [1.807, 2.05) is 12.1 Å². The van der Waals surface area contributed by atoms with Crippen LogP contribution in [0.5, 0.6) is 0 Å². The summed E-state index contributed by atoms with van der Waals surface area (Å²) in [7, 11) is 0. The van der Waals surface area contributed by atoms with Crippen LogP contribution >= 0.6 is 0 Å². The first-order valence-electron chi connectivity index (χ1n) is 8.14. The quantitative estimate of drug-likeness (QED) is 0.330. The van der Waals surface area contributed by atoms with Gasteiger partial charge in [0.2, 0.25) is 0 Å². The molecular weight excluding hydrogens is 328 g/mol. The molecule has 0 N–H and O–H groups in total. The molecule has 8 heteroatoms. The highest BCUT2D eigenvalue weighted by Crippen LogP contribution is 2.39. The van der Waals surface area contributed by atoms with E-state index in [4.69, 9.17) is 19.5 Å². The fraction of sp³-hybridized carbons (Fsp3) is 0.706. The van der Waals surface area contributed by atoms with E-state index in [1.165, 1.54) is 6.92 Å². The molecular formula is C17H24N2O6. The van der Waals surface area contributed by atoms with Crippen molar-refractivity contribution in [3.63, 3.8) is 0 Å². The number of rotatable bonds is 10. The number of nitriles is 2. The molecule has 0 heterocycles. The molecule has 0 saturated carbocycles. The smallest absolute Gasteiger partial charge is 0.326 e. The summed E-state index contributed by atoms with van der Waals surface area (Å²) in [5, 5.41) is 18.5. The number of carbonyl (C=O) groups is 3. The van der Waals surface area contributed by atoms with E-state index < -0.39 is 35.2 Å². The Hall–Kier alpha value is -2.61. The highest BCUT2D eigenvalue weighted by Gasteiger charge is 2.53. The molecule has 0 bridgehead atoms. The van der Waals surface area contributed by atoms with Gasteiger partial charge in [-0.05, 0) is 27.2 Å². The zero-order valence-electron chi connectivity index (χ0n) is 15.0. The fourth-order valence-corrected chi connectivity index (χ4v) is 2.49. The van der Waals surface area contributed by atoms with Crippen molar-refractivity contribution in [2.24, 2.45) is 17.3 Å². The minimum Gasteiger partial charge on any atom is -0.465 e. The van der Waals surface area contributed by atoms with Crippen molar-refractivity contribution in [1.82, 2.24) is 0 Å². The van der Waals surface area contributed by atoms with E-state index in [-0.39, 0.29) is 32.7 Å². The summed E-state index contributed by atoms with van der Waals surface area (Å²) in [6.45, 7) is 6.20. The molecule has 0 unspecified atom stereocenters. The van der Waals surface area contributed by atoms with Crippen LogP contribution in [0.3, 0.4) is 0 Å². The predicted octanol–water partition coefficient (Wildman–Crippen LogP) is 1.74. The molecule has 0 amide bonds. The first kappa shape index (κ1) is 22.4. The first-order valence-corrected chi connectivity index (χ1v) is 8.14. The standard InChI is InChI=1S/C17H24N2O6/c1-5-23-14(20)13(15(21)24-6-2)12(4)17(11-19,9-8-10-18)16(22)25-7-3/h12-13H,5-9H2,1-4H3/t12-,17-/m1/s1. The topological polar surface area (TPSA) is 126 Å². The van der Waals surface area contributed by atoms with Crippen LogP contribution in [0.15, 0.2) is 0 Å². The molecule has 0 aliphatic heterocycles. The number of ether oxygens (including phenoxy) is 3. The molecule has 0 aliphatic carbocycles. The summed E-state index contributed by atoms with van der Waals surface area (Å²) in [4.78, 5) is 37.0. The molecule has 0 rings (SSSR count). The molecule has 0 aromatic rings. The van der Waals surface area contributed by atoms with Crippen molar-refractivity contribution in [3.8, 4) is 12.1 Å². The van der Waals surface area contributed by atoms with E-state index in [2.05, 4.69) is 0 Å². The second kappa shape index (κ2) is 11.0. The Morgan fingerprint density at radius 2 is 1.44 bits per heavy atom. The average molecular weight is 352 g/mol. The number of nitrogens with zero attached hydrogens (tertiary/aromatic N) is 2. The van der Waals surface area contributed by atoms with Crippen LogP contribution in [0.25, 0.3) is 0 Å². The Bertz CT molecular complexity index is 544. The maximum atomic E-state index is 12.5. The molecule has 0 aliphatic rings. The van der Waals surface area contributed by atoms with E-state index in [9.17, 15) is 19.6 Å². The van der Waals surface area contributed by atoms with Gasteiger partial charge in [-0.3, -0.25) is 14.4 Å². The summed E-state index contributed by atoms with van der Waals surface area (Å²) >= 11 is 0. The average Bonchev–Trinajstić information content (AvgIpc) is 2.57. The number of hydrogen-bond acceptors (Lipinski definition) is 8. The SMILES string of the molecule is CCOC(=O)C(C(=O)OCC)[C@@H](C)[C@](C#N)(CCC#N)C(=O)OCC. The maximum Gasteiger partial charge on any atom is 0.326 e. The molecule has 8 nitrogen and oxygen atoms in total. The minimum absolute atomic E-state index is 0.0189. The molecule has 0 saturated heterocycles. The second-order valence-electron chi connectivity index (χ2n) is 5.23. The molecule has 0 fully saturated rings. The lowest BCUT2D eigenvalue weighted by Crippen LogP contribution is -2.46. The van der Waals surface area contributed by atoms with Gasteiger partial charge >= 0.3 is 17.9 Å². The van der Waals surface area contributed by atoms with Gasteiger partial charge in [0.05, 0.1) is 32.0 Å². The van der Waals surface area contributed by atoms with Crippen molar-refractivity contribution in [2.45, 2.75) is 40.5 Å². The van der Waals surface area contributed by atoms with Crippen molar-refractivity contribution in [1.29, 1.82) is 10.5 Å². The minimum atomic E-state index is -1.84.